The molecule has 0 aliphatic heterocycles. The molecule has 0 aliphatic rings. The Morgan fingerprint density at radius 1 is 1.07 bits per heavy atom. The summed E-state index contributed by atoms with van der Waals surface area (Å²) in [5, 5.41) is 4.81. The Morgan fingerprint density at radius 3 is 2.50 bits per heavy atom. The van der Waals surface area contributed by atoms with Crippen molar-refractivity contribution in [2.45, 2.75) is 46.5 Å². The van der Waals surface area contributed by atoms with Gasteiger partial charge in [-0.15, -0.1) is 0 Å². The van der Waals surface area contributed by atoms with E-state index in [4.69, 9.17) is 19.8 Å². The van der Waals surface area contributed by atoms with Crippen LogP contribution in [0.4, 0.5) is 0 Å². The van der Waals surface area contributed by atoms with Crippen LogP contribution in [0.1, 0.15) is 49.6 Å². The van der Waals surface area contributed by atoms with E-state index >= 15 is 0 Å². The SMILES string of the molecule is CCC(CC)c1cc(C)nn2c(-c3nc4ccc(OC)cc4n3C)c(C)nc12. The van der Waals surface area contributed by atoms with Gasteiger partial charge in [0.2, 0.25) is 0 Å². The van der Waals surface area contributed by atoms with Crippen molar-refractivity contribution in [2.75, 3.05) is 7.11 Å². The van der Waals surface area contributed by atoms with Crippen molar-refractivity contribution < 1.29 is 4.74 Å². The van der Waals surface area contributed by atoms with E-state index in [9.17, 15) is 0 Å². The molecule has 0 bridgehead atoms. The van der Waals surface area contributed by atoms with Crippen LogP contribution in [-0.4, -0.2) is 31.3 Å². The minimum Gasteiger partial charge on any atom is -0.497 e. The van der Waals surface area contributed by atoms with E-state index in [0.29, 0.717) is 5.92 Å². The number of hydrogen-bond acceptors (Lipinski definition) is 4. The maximum absolute atomic E-state index is 5.38. The van der Waals surface area contributed by atoms with Crippen molar-refractivity contribution >= 4 is 16.7 Å². The van der Waals surface area contributed by atoms with Gasteiger partial charge in [0.15, 0.2) is 11.5 Å². The average molecular weight is 377 g/mol. The van der Waals surface area contributed by atoms with Gasteiger partial charge in [-0.1, -0.05) is 13.8 Å². The molecule has 0 unspecified atom stereocenters. The zero-order valence-corrected chi connectivity index (χ0v) is 17.4. The van der Waals surface area contributed by atoms with Crippen LogP contribution < -0.4 is 4.74 Å². The number of hydrogen-bond donors (Lipinski definition) is 0. The van der Waals surface area contributed by atoms with Gasteiger partial charge < -0.3 is 9.30 Å². The lowest BCUT2D eigenvalue weighted by Gasteiger charge is -2.14. The summed E-state index contributed by atoms with van der Waals surface area (Å²) in [6, 6.07) is 8.13. The first-order chi connectivity index (χ1) is 13.5. The Bertz CT molecular complexity index is 1170. The first-order valence-corrected chi connectivity index (χ1v) is 9.86. The first-order valence-electron chi connectivity index (χ1n) is 9.86. The molecule has 28 heavy (non-hydrogen) atoms. The van der Waals surface area contributed by atoms with Gasteiger partial charge in [-0.3, -0.25) is 0 Å². The van der Waals surface area contributed by atoms with Crippen LogP contribution in [0, 0.1) is 13.8 Å². The summed E-state index contributed by atoms with van der Waals surface area (Å²) in [6.07, 6.45) is 2.17. The number of rotatable bonds is 5. The molecule has 0 saturated carbocycles. The Labute approximate surface area is 165 Å². The highest BCUT2D eigenvalue weighted by Crippen LogP contribution is 2.32. The number of nitrogens with zero attached hydrogens (tertiary/aromatic N) is 5. The molecule has 1 aromatic carbocycles. The van der Waals surface area contributed by atoms with E-state index in [0.717, 1.165) is 58.2 Å². The van der Waals surface area contributed by atoms with Gasteiger partial charge in [-0.05, 0) is 50.8 Å². The predicted octanol–water partition coefficient (Wildman–Crippen LogP) is 4.81. The van der Waals surface area contributed by atoms with E-state index in [1.54, 1.807) is 7.11 Å². The highest BCUT2D eigenvalue weighted by Gasteiger charge is 2.22. The van der Waals surface area contributed by atoms with Crippen LogP contribution in [0.15, 0.2) is 24.3 Å². The molecular formula is C22H27N5O. The van der Waals surface area contributed by atoms with E-state index in [2.05, 4.69) is 24.5 Å². The summed E-state index contributed by atoms with van der Waals surface area (Å²) < 4.78 is 9.46. The molecule has 0 amide bonds. The van der Waals surface area contributed by atoms with Crippen molar-refractivity contribution in [3.63, 3.8) is 0 Å². The molecule has 0 fully saturated rings. The summed E-state index contributed by atoms with van der Waals surface area (Å²) in [5.74, 6) is 2.16. The normalized spacial score (nSPS) is 11.8. The Morgan fingerprint density at radius 2 is 1.82 bits per heavy atom. The van der Waals surface area contributed by atoms with Gasteiger partial charge in [-0.2, -0.15) is 5.10 Å². The monoisotopic (exact) mass is 377 g/mol. The molecule has 0 N–H and O–H groups in total. The Balaban J connectivity index is 2.01. The number of benzene rings is 1. The van der Waals surface area contributed by atoms with E-state index in [1.165, 1.54) is 5.56 Å². The van der Waals surface area contributed by atoms with Gasteiger partial charge >= 0.3 is 0 Å². The quantitative estimate of drug-likeness (QED) is 0.501. The van der Waals surface area contributed by atoms with E-state index < -0.39 is 0 Å². The predicted molar refractivity (Wildman–Crippen MR) is 112 cm³/mol. The number of methoxy groups -OCH3 is 1. The first kappa shape index (κ1) is 18.5. The fourth-order valence-corrected chi connectivity index (χ4v) is 4.07. The molecule has 6 heteroatoms. The number of aryl methyl sites for hydroxylation is 3. The van der Waals surface area contributed by atoms with Crippen LogP contribution >= 0.6 is 0 Å². The molecule has 4 rings (SSSR count). The third-order valence-corrected chi connectivity index (χ3v) is 5.63. The summed E-state index contributed by atoms with van der Waals surface area (Å²) >= 11 is 0. The molecular weight excluding hydrogens is 350 g/mol. The van der Waals surface area contributed by atoms with Crippen molar-refractivity contribution in [1.29, 1.82) is 0 Å². The highest BCUT2D eigenvalue weighted by atomic mass is 16.5. The maximum atomic E-state index is 5.38. The summed E-state index contributed by atoms with van der Waals surface area (Å²) in [6.45, 7) is 8.55. The molecule has 0 aliphatic carbocycles. The molecule has 0 atom stereocenters. The largest absolute Gasteiger partial charge is 0.497 e. The van der Waals surface area contributed by atoms with Gasteiger partial charge in [0.1, 0.15) is 11.4 Å². The zero-order chi connectivity index (χ0) is 20.0. The molecule has 4 aromatic rings. The second kappa shape index (κ2) is 6.93. The van der Waals surface area contributed by atoms with Crippen molar-refractivity contribution in [2.24, 2.45) is 7.05 Å². The lowest BCUT2D eigenvalue weighted by molar-refractivity contribution is 0.415. The molecule has 0 saturated heterocycles. The van der Waals surface area contributed by atoms with Crippen LogP contribution in [0.3, 0.4) is 0 Å². The maximum Gasteiger partial charge on any atom is 0.161 e. The number of fused-ring (bicyclic) bond motifs is 2. The third kappa shape index (κ3) is 2.75. The number of ether oxygens (including phenoxy) is 1. The van der Waals surface area contributed by atoms with E-state index in [1.807, 2.05) is 43.6 Å². The van der Waals surface area contributed by atoms with Crippen LogP contribution in [0.25, 0.3) is 28.2 Å². The fourth-order valence-electron chi connectivity index (χ4n) is 4.07. The Kier molecular flexibility index (Phi) is 4.57. The summed E-state index contributed by atoms with van der Waals surface area (Å²) in [4.78, 5) is 9.81. The van der Waals surface area contributed by atoms with Crippen LogP contribution in [-0.2, 0) is 7.05 Å². The van der Waals surface area contributed by atoms with Gasteiger partial charge in [0, 0.05) is 18.7 Å². The van der Waals surface area contributed by atoms with Gasteiger partial charge in [0.25, 0.3) is 0 Å². The highest BCUT2D eigenvalue weighted by molar-refractivity contribution is 5.82. The minimum absolute atomic E-state index is 0.476. The zero-order valence-electron chi connectivity index (χ0n) is 17.4. The van der Waals surface area contributed by atoms with Gasteiger partial charge in [0.05, 0.1) is 29.5 Å². The summed E-state index contributed by atoms with van der Waals surface area (Å²) in [5.41, 5.74) is 7.05. The number of aromatic nitrogens is 5. The molecule has 3 aromatic heterocycles. The lowest BCUT2D eigenvalue weighted by atomic mass is 9.95. The average Bonchev–Trinajstić information content (AvgIpc) is 3.18. The molecule has 0 spiro atoms. The van der Waals surface area contributed by atoms with Crippen LogP contribution in [0.2, 0.25) is 0 Å². The standard InChI is InChI=1S/C22H27N5O/c1-7-15(8-2)17-11-13(3)25-27-20(14(4)23-21(17)27)22-24-18-10-9-16(28-6)12-19(18)26(22)5/h9-12,15H,7-8H2,1-6H3. The van der Waals surface area contributed by atoms with Crippen molar-refractivity contribution in [3.05, 3.63) is 41.2 Å². The molecule has 146 valence electrons. The second-order valence-corrected chi connectivity index (χ2v) is 7.38. The van der Waals surface area contributed by atoms with Crippen molar-refractivity contribution in [1.82, 2.24) is 24.1 Å². The van der Waals surface area contributed by atoms with Crippen molar-refractivity contribution in [3.8, 4) is 17.3 Å². The third-order valence-electron chi connectivity index (χ3n) is 5.63. The van der Waals surface area contributed by atoms with Crippen LogP contribution in [0.5, 0.6) is 5.75 Å². The smallest absolute Gasteiger partial charge is 0.161 e. The molecule has 3 heterocycles. The number of imidazole rings is 2. The second-order valence-electron chi connectivity index (χ2n) is 7.38. The van der Waals surface area contributed by atoms with Gasteiger partial charge in [-0.25, -0.2) is 14.5 Å². The fraction of sp³-hybridized carbons (Fsp3) is 0.409. The molecule has 6 nitrogen and oxygen atoms in total. The van der Waals surface area contributed by atoms with E-state index in [-0.39, 0.29) is 0 Å². The topological polar surface area (TPSA) is 57.2 Å². The Hall–Kier alpha value is -2.89. The lowest BCUT2D eigenvalue weighted by Crippen LogP contribution is -2.06. The summed E-state index contributed by atoms with van der Waals surface area (Å²) in [7, 11) is 3.71. The molecule has 0 radical (unpaired) electrons. The minimum atomic E-state index is 0.476.